The van der Waals surface area contributed by atoms with Crippen molar-refractivity contribution in [2.45, 2.75) is 38.0 Å². The fourth-order valence-corrected chi connectivity index (χ4v) is 5.05. The van der Waals surface area contributed by atoms with Crippen LogP contribution < -0.4 is 0 Å². The summed E-state index contributed by atoms with van der Waals surface area (Å²) in [7, 11) is 2.06. The highest BCUT2D eigenvalue weighted by atomic mass is 35.5. The third-order valence-electron chi connectivity index (χ3n) is 7.19. The summed E-state index contributed by atoms with van der Waals surface area (Å²) in [6.07, 6.45) is 8.61. The van der Waals surface area contributed by atoms with Gasteiger partial charge in [0.15, 0.2) is 0 Å². The Labute approximate surface area is 218 Å². The topological polar surface area (TPSA) is 47.0 Å². The Bertz CT molecular complexity index is 1110. The first-order chi connectivity index (χ1) is 17.2. The molecule has 2 aliphatic heterocycles. The molecule has 0 aliphatic carbocycles. The average Bonchev–Trinajstić information content (AvgIpc) is 2.85. The van der Waals surface area contributed by atoms with Gasteiger partial charge in [-0.05, 0) is 73.8 Å². The molecule has 192 valence electrons. The Hall–Kier alpha value is -2.51. The molecule has 0 saturated carbocycles. The van der Waals surface area contributed by atoms with Crippen LogP contribution in [0.1, 0.15) is 36.5 Å². The number of rotatable bonds is 6. The highest BCUT2D eigenvalue weighted by Crippen LogP contribution is 2.26. The van der Waals surface area contributed by atoms with Gasteiger partial charge in [0.25, 0.3) is 0 Å². The van der Waals surface area contributed by atoms with Crippen molar-refractivity contribution in [3.63, 3.8) is 0 Å². The van der Waals surface area contributed by atoms with Crippen molar-refractivity contribution in [3.05, 3.63) is 82.1 Å². The van der Waals surface area contributed by atoms with Crippen LogP contribution in [0.5, 0.6) is 0 Å². The lowest BCUT2D eigenvalue weighted by molar-refractivity contribution is -0.130. The minimum absolute atomic E-state index is 0.0252. The van der Waals surface area contributed by atoms with E-state index in [4.69, 9.17) is 11.6 Å². The molecule has 1 amide bonds. The lowest BCUT2D eigenvalue weighted by Gasteiger charge is -2.39. The summed E-state index contributed by atoms with van der Waals surface area (Å²) in [5, 5.41) is 11.5. The van der Waals surface area contributed by atoms with Crippen molar-refractivity contribution in [2.75, 3.05) is 39.8 Å². The first-order valence-corrected chi connectivity index (χ1v) is 12.9. The number of amides is 1. The smallest absolute Gasteiger partial charge is 0.246 e. The average molecular weight is 512 g/mol. The van der Waals surface area contributed by atoms with Gasteiger partial charge in [-0.15, -0.1) is 0 Å². The third kappa shape index (κ3) is 7.04. The van der Waals surface area contributed by atoms with E-state index in [9.17, 15) is 14.3 Å². The Balaban J connectivity index is 1.39. The highest BCUT2D eigenvalue weighted by Gasteiger charge is 2.28. The van der Waals surface area contributed by atoms with Gasteiger partial charge in [-0.25, -0.2) is 4.39 Å². The number of piperazine rings is 1. The van der Waals surface area contributed by atoms with Crippen molar-refractivity contribution >= 4 is 29.7 Å². The predicted octanol–water partition coefficient (Wildman–Crippen LogP) is 4.70. The standard InChI is InChI=1S/C29H35ClFN3O2/c1-22-20-33(21-23-3-8-27(31)9-4-23)17-18-34(22)28(35)10-6-24-5-7-26(30)19-25(24)11-12-29(36)13-15-32(2)16-14-29/h3-12,19,22,36H,13-18,20-21H2,1-2H3/t22-/m0/s1. The van der Waals surface area contributed by atoms with E-state index in [1.54, 1.807) is 6.08 Å². The van der Waals surface area contributed by atoms with Crippen LogP contribution in [0.15, 0.2) is 54.6 Å². The van der Waals surface area contributed by atoms with E-state index in [2.05, 4.69) is 23.8 Å². The van der Waals surface area contributed by atoms with Gasteiger partial charge >= 0.3 is 0 Å². The number of hydrogen-bond acceptors (Lipinski definition) is 4. The molecule has 0 unspecified atom stereocenters. The second kappa shape index (κ2) is 11.7. The summed E-state index contributed by atoms with van der Waals surface area (Å²) in [5.41, 5.74) is 1.99. The normalized spacial score (nSPS) is 21.5. The fraction of sp³-hybridized carbons (Fsp3) is 0.414. The summed E-state index contributed by atoms with van der Waals surface area (Å²) in [4.78, 5) is 19.4. The van der Waals surface area contributed by atoms with Crippen LogP contribution in [0, 0.1) is 5.82 Å². The fourth-order valence-electron chi connectivity index (χ4n) is 4.87. The summed E-state index contributed by atoms with van der Waals surface area (Å²) in [5.74, 6) is -0.255. The van der Waals surface area contributed by atoms with Crippen LogP contribution in [-0.4, -0.2) is 77.1 Å². The maximum absolute atomic E-state index is 13.2. The molecule has 0 bridgehead atoms. The lowest BCUT2D eigenvalue weighted by Crippen LogP contribution is -2.53. The van der Waals surface area contributed by atoms with Crippen molar-refractivity contribution in [1.82, 2.24) is 14.7 Å². The molecule has 5 nitrogen and oxygen atoms in total. The Morgan fingerprint density at radius 2 is 1.81 bits per heavy atom. The highest BCUT2D eigenvalue weighted by molar-refractivity contribution is 6.30. The molecule has 2 fully saturated rings. The van der Waals surface area contributed by atoms with Crippen molar-refractivity contribution in [2.24, 2.45) is 0 Å². The molecule has 36 heavy (non-hydrogen) atoms. The van der Waals surface area contributed by atoms with Gasteiger partial charge in [0.05, 0.1) is 5.60 Å². The molecule has 2 saturated heterocycles. The molecule has 2 aromatic carbocycles. The number of nitrogens with zero attached hydrogens (tertiary/aromatic N) is 3. The third-order valence-corrected chi connectivity index (χ3v) is 7.43. The molecule has 2 aromatic rings. The molecule has 1 N–H and O–H groups in total. The zero-order valence-corrected chi connectivity index (χ0v) is 21.8. The van der Waals surface area contributed by atoms with E-state index in [0.717, 1.165) is 49.4 Å². The number of hydrogen-bond donors (Lipinski definition) is 1. The summed E-state index contributed by atoms with van der Waals surface area (Å²) < 4.78 is 13.2. The number of benzene rings is 2. The molecule has 2 heterocycles. The predicted molar refractivity (Wildman–Crippen MR) is 144 cm³/mol. The number of carbonyl (C=O) groups excluding carboxylic acids is 1. The van der Waals surface area contributed by atoms with Crippen LogP contribution in [0.25, 0.3) is 12.2 Å². The van der Waals surface area contributed by atoms with E-state index in [1.165, 1.54) is 12.1 Å². The van der Waals surface area contributed by atoms with Crippen molar-refractivity contribution in [3.8, 4) is 0 Å². The lowest BCUT2D eigenvalue weighted by atomic mass is 9.90. The van der Waals surface area contributed by atoms with Crippen molar-refractivity contribution in [1.29, 1.82) is 0 Å². The monoisotopic (exact) mass is 511 g/mol. The van der Waals surface area contributed by atoms with Crippen LogP contribution in [0.4, 0.5) is 4.39 Å². The summed E-state index contributed by atoms with van der Waals surface area (Å²) in [6.45, 7) is 6.68. The first-order valence-electron chi connectivity index (χ1n) is 12.6. The molecule has 7 heteroatoms. The van der Waals surface area contributed by atoms with Crippen LogP contribution in [0.3, 0.4) is 0 Å². The second-order valence-electron chi connectivity index (χ2n) is 10.1. The van der Waals surface area contributed by atoms with E-state index in [-0.39, 0.29) is 17.8 Å². The van der Waals surface area contributed by atoms with E-state index in [0.29, 0.717) is 24.4 Å². The van der Waals surface area contributed by atoms with Crippen LogP contribution in [-0.2, 0) is 11.3 Å². The molecule has 1 atom stereocenters. The SMILES string of the molecule is C[C@H]1CN(Cc2ccc(F)cc2)CCN1C(=O)C=Cc1ccc(Cl)cc1C=CC1(O)CCN(C)CC1. The molecule has 2 aliphatic rings. The zero-order chi connectivity index (χ0) is 25.7. The molecule has 0 aromatic heterocycles. The van der Waals surface area contributed by atoms with Gasteiger partial charge in [0.1, 0.15) is 5.82 Å². The largest absolute Gasteiger partial charge is 0.386 e. The van der Waals surface area contributed by atoms with Gasteiger partial charge < -0.3 is 14.9 Å². The molecular formula is C29H35ClFN3O2. The van der Waals surface area contributed by atoms with Crippen LogP contribution >= 0.6 is 11.6 Å². The van der Waals surface area contributed by atoms with E-state index in [1.807, 2.05) is 53.5 Å². The van der Waals surface area contributed by atoms with E-state index >= 15 is 0 Å². The summed E-state index contributed by atoms with van der Waals surface area (Å²) in [6, 6.07) is 12.2. The molecule has 4 rings (SSSR count). The second-order valence-corrected chi connectivity index (χ2v) is 10.5. The van der Waals surface area contributed by atoms with E-state index < -0.39 is 5.60 Å². The minimum Gasteiger partial charge on any atom is -0.386 e. The first kappa shape index (κ1) is 26.6. The zero-order valence-electron chi connectivity index (χ0n) is 21.0. The number of likely N-dealkylation sites (tertiary alicyclic amines) is 1. The maximum Gasteiger partial charge on any atom is 0.246 e. The summed E-state index contributed by atoms with van der Waals surface area (Å²) >= 11 is 6.25. The number of carbonyl (C=O) groups is 1. The van der Waals surface area contributed by atoms with Crippen LogP contribution in [0.2, 0.25) is 5.02 Å². The number of aliphatic hydroxyl groups is 1. The Kier molecular flexibility index (Phi) is 8.62. The van der Waals surface area contributed by atoms with Gasteiger partial charge in [-0.1, -0.05) is 42.0 Å². The van der Waals surface area contributed by atoms with Gasteiger partial charge in [0, 0.05) is 56.4 Å². The Morgan fingerprint density at radius 3 is 2.50 bits per heavy atom. The Morgan fingerprint density at radius 1 is 1.08 bits per heavy atom. The quantitative estimate of drug-likeness (QED) is 0.571. The molecule has 0 spiro atoms. The molecule has 0 radical (unpaired) electrons. The minimum atomic E-state index is -0.825. The van der Waals surface area contributed by atoms with Gasteiger partial charge in [0.2, 0.25) is 5.91 Å². The van der Waals surface area contributed by atoms with Gasteiger partial charge in [-0.3, -0.25) is 9.69 Å². The van der Waals surface area contributed by atoms with Gasteiger partial charge in [-0.2, -0.15) is 0 Å². The maximum atomic E-state index is 13.2. The number of halogens is 2. The van der Waals surface area contributed by atoms with Crippen molar-refractivity contribution < 1.29 is 14.3 Å². The molecular weight excluding hydrogens is 477 g/mol. The number of piperidine rings is 1.